The molecule has 0 amide bonds. The van der Waals surface area contributed by atoms with Crippen molar-refractivity contribution in [2.45, 2.75) is 6.54 Å². The van der Waals surface area contributed by atoms with E-state index in [0.29, 0.717) is 15.8 Å². The Morgan fingerprint density at radius 1 is 0.929 bits per heavy atom. The first-order chi connectivity index (χ1) is 13.7. The summed E-state index contributed by atoms with van der Waals surface area (Å²) in [5.41, 5.74) is 2.19. The lowest BCUT2D eigenvalue weighted by Crippen LogP contribution is -2.21. The van der Waals surface area contributed by atoms with Crippen LogP contribution in [0.5, 0.6) is 0 Å². The zero-order valence-corrected chi connectivity index (χ0v) is 15.6. The van der Waals surface area contributed by atoms with Gasteiger partial charge in [0.1, 0.15) is 10.6 Å². The van der Waals surface area contributed by atoms with Crippen LogP contribution in [0, 0.1) is 5.82 Å². The Morgan fingerprint density at radius 3 is 2.61 bits per heavy atom. The molecule has 5 heteroatoms. The van der Waals surface area contributed by atoms with Crippen molar-refractivity contribution in [3.05, 3.63) is 100 Å². The molecule has 2 heterocycles. The molecule has 28 heavy (non-hydrogen) atoms. The number of rotatable bonds is 3. The molecule has 0 N–H and O–H groups in total. The third kappa shape index (κ3) is 2.72. The van der Waals surface area contributed by atoms with E-state index in [9.17, 15) is 9.18 Å². The lowest BCUT2D eigenvalue weighted by molar-refractivity contribution is 0.595. The Morgan fingerprint density at radius 2 is 1.71 bits per heavy atom. The highest BCUT2D eigenvalue weighted by molar-refractivity contribution is 7.17. The molecule has 0 bridgehead atoms. The van der Waals surface area contributed by atoms with E-state index in [4.69, 9.17) is 0 Å². The van der Waals surface area contributed by atoms with Gasteiger partial charge < -0.3 is 0 Å². The summed E-state index contributed by atoms with van der Waals surface area (Å²) in [6, 6.07) is 20.7. The number of fused-ring (bicyclic) bond motifs is 2. The van der Waals surface area contributed by atoms with Crippen molar-refractivity contribution in [3.8, 4) is 11.1 Å². The number of thiophene rings is 1. The number of aromatic nitrogens is 2. The predicted octanol–water partition coefficient (Wildman–Crippen LogP) is 5.47. The molecular weight excluding hydrogens is 371 g/mol. The summed E-state index contributed by atoms with van der Waals surface area (Å²) < 4.78 is 15.5. The van der Waals surface area contributed by atoms with Gasteiger partial charge in [-0.05, 0) is 22.4 Å². The summed E-state index contributed by atoms with van der Waals surface area (Å²) in [4.78, 5) is 18.4. The number of benzene rings is 3. The van der Waals surface area contributed by atoms with Crippen LogP contribution < -0.4 is 5.56 Å². The van der Waals surface area contributed by atoms with Crippen molar-refractivity contribution in [2.24, 2.45) is 0 Å². The van der Waals surface area contributed by atoms with Crippen LogP contribution in [0.1, 0.15) is 5.56 Å². The summed E-state index contributed by atoms with van der Waals surface area (Å²) in [5.74, 6) is -0.325. The molecule has 0 spiro atoms. The van der Waals surface area contributed by atoms with Gasteiger partial charge in [0, 0.05) is 16.5 Å². The van der Waals surface area contributed by atoms with Crippen LogP contribution in [0.3, 0.4) is 0 Å². The molecule has 0 radical (unpaired) electrons. The maximum absolute atomic E-state index is 14.0. The molecular formula is C23H15FN2OS. The van der Waals surface area contributed by atoms with Crippen LogP contribution in [0.4, 0.5) is 4.39 Å². The Bertz CT molecular complexity index is 1380. The Hall–Kier alpha value is -3.31. The highest BCUT2D eigenvalue weighted by Crippen LogP contribution is 2.35. The maximum atomic E-state index is 14.0. The van der Waals surface area contributed by atoms with Crippen LogP contribution in [-0.4, -0.2) is 9.55 Å². The van der Waals surface area contributed by atoms with Crippen molar-refractivity contribution >= 4 is 32.3 Å². The minimum atomic E-state index is -0.325. The fraction of sp³-hybridized carbons (Fsp3) is 0.0435. The Labute approximate surface area is 164 Å². The fourth-order valence-corrected chi connectivity index (χ4v) is 4.45. The molecule has 3 aromatic carbocycles. The zero-order valence-electron chi connectivity index (χ0n) is 14.8. The topological polar surface area (TPSA) is 34.9 Å². The van der Waals surface area contributed by atoms with E-state index >= 15 is 0 Å². The van der Waals surface area contributed by atoms with Gasteiger partial charge in [0.05, 0.1) is 18.3 Å². The number of hydrogen-bond acceptors (Lipinski definition) is 3. The number of hydrogen-bond donors (Lipinski definition) is 0. The first kappa shape index (κ1) is 16.8. The van der Waals surface area contributed by atoms with Gasteiger partial charge in [-0.25, -0.2) is 9.37 Å². The van der Waals surface area contributed by atoms with Crippen LogP contribution in [0.15, 0.2) is 83.2 Å². The van der Waals surface area contributed by atoms with Crippen molar-refractivity contribution in [1.82, 2.24) is 9.55 Å². The summed E-state index contributed by atoms with van der Waals surface area (Å²) in [6.07, 6.45) is 1.50. The van der Waals surface area contributed by atoms with Crippen LogP contribution in [-0.2, 0) is 6.54 Å². The summed E-state index contributed by atoms with van der Waals surface area (Å²) in [5, 5.41) is 4.78. The van der Waals surface area contributed by atoms with Gasteiger partial charge in [0.25, 0.3) is 5.56 Å². The van der Waals surface area contributed by atoms with Gasteiger partial charge in [-0.3, -0.25) is 9.36 Å². The number of nitrogens with zero attached hydrogens (tertiary/aromatic N) is 2. The Balaban J connectivity index is 1.71. The molecule has 0 aliphatic rings. The van der Waals surface area contributed by atoms with Gasteiger partial charge in [0.2, 0.25) is 0 Å². The lowest BCUT2D eigenvalue weighted by Gasteiger charge is -2.08. The lowest BCUT2D eigenvalue weighted by atomic mass is 9.99. The minimum Gasteiger partial charge on any atom is -0.294 e. The van der Waals surface area contributed by atoms with Gasteiger partial charge in [-0.2, -0.15) is 0 Å². The third-order valence-corrected chi connectivity index (χ3v) is 5.83. The van der Waals surface area contributed by atoms with Gasteiger partial charge in [0.15, 0.2) is 0 Å². The molecule has 136 valence electrons. The van der Waals surface area contributed by atoms with Crippen molar-refractivity contribution < 1.29 is 4.39 Å². The second-order valence-corrected chi connectivity index (χ2v) is 7.48. The quantitative estimate of drug-likeness (QED) is 0.412. The molecule has 3 nitrogen and oxygen atoms in total. The summed E-state index contributed by atoms with van der Waals surface area (Å²) >= 11 is 1.45. The SMILES string of the molecule is O=c1c2c(-c3cccc4ccccc34)csc2ncn1Cc1ccccc1F. The van der Waals surface area contributed by atoms with Crippen LogP contribution in [0.2, 0.25) is 0 Å². The number of halogens is 1. The van der Waals surface area contributed by atoms with Gasteiger partial charge >= 0.3 is 0 Å². The van der Waals surface area contributed by atoms with Crippen molar-refractivity contribution in [3.63, 3.8) is 0 Å². The van der Waals surface area contributed by atoms with Crippen LogP contribution in [0.25, 0.3) is 32.1 Å². The monoisotopic (exact) mass is 386 g/mol. The van der Waals surface area contributed by atoms with Gasteiger partial charge in [-0.15, -0.1) is 11.3 Å². The average molecular weight is 386 g/mol. The van der Waals surface area contributed by atoms with E-state index < -0.39 is 0 Å². The van der Waals surface area contributed by atoms with Crippen LogP contribution >= 0.6 is 11.3 Å². The molecule has 5 aromatic rings. The second-order valence-electron chi connectivity index (χ2n) is 6.63. The van der Waals surface area contributed by atoms with Crippen molar-refractivity contribution in [1.29, 1.82) is 0 Å². The average Bonchev–Trinajstić information content (AvgIpc) is 3.16. The molecule has 5 rings (SSSR count). The van der Waals surface area contributed by atoms with E-state index in [1.807, 2.05) is 29.6 Å². The standard InChI is InChI=1S/C23H15FN2OS/c24-20-11-4-2-7-16(20)12-26-14-25-22-21(23(26)27)19(13-28-22)18-10-5-8-15-6-1-3-9-17(15)18/h1-11,13-14H,12H2. The summed E-state index contributed by atoms with van der Waals surface area (Å²) in [6.45, 7) is 0.152. The zero-order chi connectivity index (χ0) is 19.1. The molecule has 0 unspecified atom stereocenters. The van der Waals surface area contributed by atoms with E-state index in [1.165, 1.54) is 28.3 Å². The molecule has 2 aromatic heterocycles. The first-order valence-corrected chi connectivity index (χ1v) is 9.78. The van der Waals surface area contributed by atoms with E-state index in [0.717, 1.165) is 21.9 Å². The predicted molar refractivity (Wildman–Crippen MR) is 112 cm³/mol. The molecule has 0 fully saturated rings. The molecule has 0 saturated carbocycles. The minimum absolute atomic E-state index is 0.152. The maximum Gasteiger partial charge on any atom is 0.263 e. The highest BCUT2D eigenvalue weighted by atomic mass is 32.1. The highest BCUT2D eigenvalue weighted by Gasteiger charge is 2.15. The molecule has 0 atom stereocenters. The van der Waals surface area contributed by atoms with E-state index in [2.05, 4.69) is 23.2 Å². The van der Waals surface area contributed by atoms with E-state index in [1.54, 1.807) is 18.2 Å². The van der Waals surface area contributed by atoms with Gasteiger partial charge in [-0.1, -0.05) is 60.7 Å². The molecule has 0 aliphatic carbocycles. The van der Waals surface area contributed by atoms with E-state index in [-0.39, 0.29) is 17.9 Å². The fourth-order valence-electron chi connectivity index (χ4n) is 3.55. The normalized spacial score (nSPS) is 11.3. The third-order valence-electron chi connectivity index (χ3n) is 4.94. The Kier molecular flexibility index (Phi) is 4.02. The second kappa shape index (κ2) is 6.69. The summed E-state index contributed by atoms with van der Waals surface area (Å²) in [7, 11) is 0. The largest absolute Gasteiger partial charge is 0.294 e. The van der Waals surface area contributed by atoms with Crippen molar-refractivity contribution in [2.75, 3.05) is 0 Å². The smallest absolute Gasteiger partial charge is 0.263 e. The molecule has 0 saturated heterocycles. The molecule has 0 aliphatic heterocycles. The first-order valence-electron chi connectivity index (χ1n) is 8.90.